The minimum absolute atomic E-state index is 0.00225. The zero-order valence-electron chi connectivity index (χ0n) is 21.2. The number of hydrogen-bond donors (Lipinski definition) is 1. The monoisotopic (exact) mass is 553 g/mol. The standard InChI is InChI=1S/C30H29Cl2NO5/c1-16-27(30(35)38-20-5-3-2-4-6-20)28(21-13-25-26(14-22(21)32)37-15-36-25)29-23(33-16)11-18(12-24(29)34)17-7-9-19(31)10-8-17/h7-10,13-14,18,20,28,33H,2-6,11-12,15H2,1H3/t18-,28+/m1/s1. The molecule has 8 heteroatoms. The summed E-state index contributed by atoms with van der Waals surface area (Å²) < 4.78 is 17.2. The molecule has 0 radical (unpaired) electrons. The van der Waals surface area contributed by atoms with Crippen LogP contribution in [0.15, 0.2) is 58.9 Å². The highest BCUT2D eigenvalue weighted by Crippen LogP contribution is 2.50. The molecule has 0 amide bonds. The van der Waals surface area contributed by atoms with Crippen LogP contribution < -0.4 is 14.8 Å². The fourth-order valence-electron chi connectivity index (χ4n) is 6.14. The molecule has 0 saturated heterocycles. The molecule has 0 aromatic heterocycles. The van der Waals surface area contributed by atoms with Crippen molar-refractivity contribution < 1.29 is 23.8 Å². The summed E-state index contributed by atoms with van der Waals surface area (Å²) in [5.74, 6) is 0.00914. The Morgan fingerprint density at radius 2 is 1.71 bits per heavy atom. The first kappa shape index (κ1) is 25.3. The molecule has 2 aliphatic carbocycles. The first-order valence-electron chi connectivity index (χ1n) is 13.2. The number of ether oxygens (including phenoxy) is 3. The zero-order chi connectivity index (χ0) is 26.4. The van der Waals surface area contributed by atoms with E-state index in [4.69, 9.17) is 37.4 Å². The average molecular weight is 554 g/mol. The molecule has 2 aromatic carbocycles. The number of benzene rings is 2. The van der Waals surface area contributed by atoms with Gasteiger partial charge in [-0.2, -0.15) is 0 Å². The van der Waals surface area contributed by atoms with Gasteiger partial charge in [0.2, 0.25) is 6.79 Å². The number of nitrogens with one attached hydrogen (secondary N) is 1. The third kappa shape index (κ3) is 4.69. The van der Waals surface area contributed by atoms with Gasteiger partial charge in [-0.3, -0.25) is 4.79 Å². The number of allylic oxidation sites excluding steroid dienone is 3. The molecule has 4 aliphatic rings. The van der Waals surface area contributed by atoms with Gasteiger partial charge in [0, 0.05) is 45.4 Å². The van der Waals surface area contributed by atoms with Crippen LogP contribution in [0.25, 0.3) is 0 Å². The Kier molecular flexibility index (Phi) is 6.87. The largest absolute Gasteiger partial charge is 0.459 e. The molecule has 1 fully saturated rings. The predicted octanol–water partition coefficient (Wildman–Crippen LogP) is 6.96. The number of carbonyl (C=O) groups excluding carboxylic acids is 2. The lowest BCUT2D eigenvalue weighted by Gasteiger charge is -2.37. The second kappa shape index (κ2) is 10.3. The Balaban J connectivity index is 1.42. The predicted molar refractivity (Wildman–Crippen MR) is 145 cm³/mol. The van der Waals surface area contributed by atoms with E-state index in [1.54, 1.807) is 12.1 Å². The van der Waals surface area contributed by atoms with Crippen LogP contribution in [0.2, 0.25) is 10.0 Å². The maximum Gasteiger partial charge on any atom is 0.337 e. The van der Waals surface area contributed by atoms with Gasteiger partial charge in [0.1, 0.15) is 6.10 Å². The maximum atomic E-state index is 13.9. The van der Waals surface area contributed by atoms with Crippen LogP contribution in [0.3, 0.4) is 0 Å². The van der Waals surface area contributed by atoms with E-state index >= 15 is 0 Å². The lowest BCUT2D eigenvalue weighted by atomic mass is 9.71. The van der Waals surface area contributed by atoms with E-state index in [0.29, 0.717) is 56.8 Å². The van der Waals surface area contributed by atoms with Crippen molar-refractivity contribution in [2.45, 2.75) is 69.8 Å². The summed E-state index contributed by atoms with van der Waals surface area (Å²) in [5.41, 5.74) is 4.17. The van der Waals surface area contributed by atoms with Crippen LogP contribution in [0, 0.1) is 0 Å². The molecule has 2 aromatic rings. The summed E-state index contributed by atoms with van der Waals surface area (Å²) in [6.45, 7) is 1.97. The molecule has 38 heavy (non-hydrogen) atoms. The zero-order valence-corrected chi connectivity index (χ0v) is 22.7. The fraction of sp³-hybridized carbons (Fsp3) is 0.400. The quantitative estimate of drug-likeness (QED) is 0.412. The molecule has 0 unspecified atom stereocenters. The van der Waals surface area contributed by atoms with Crippen LogP contribution >= 0.6 is 23.2 Å². The third-order valence-electron chi connectivity index (χ3n) is 8.02. The fourth-order valence-corrected chi connectivity index (χ4v) is 6.53. The average Bonchev–Trinajstić information content (AvgIpc) is 3.35. The second-order valence-electron chi connectivity index (χ2n) is 10.5. The number of fused-ring (bicyclic) bond motifs is 1. The molecular weight excluding hydrogens is 525 g/mol. The van der Waals surface area contributed by atoms with Gasteiger partial charge < -0.3 is 19.5 Å². The number of carbonyl (C=O) groups is 2. The van der Waals surface area contributed by atoms with E-state index in [9.17, 15) is 9.59 Å². The van der Waals surface area contributed by atoms with E-state index in [1.807, 2.05) is 31.2 Å². The third-order valence-corrected chi connectivity index (χ3v) is 8.60. The van der Waals surface area contributed by atoms with Gasteiger partial charge >= 0.3 is 5.97 Å². The van der Waals surface area contributed by atoms with Crippen LogP contribution in [-0.4, -0.2) is 24.6 Å². The summed E-state index contributed by atoms with van der Waals surface area (Å²) >= 11 is 12.9. The number of Topliss-reactive ketones (excluding diaryl/α,β-unsaturated/α-hetero) is 1. The van der Waals surface area contributed by atoms with E-state index < -0.39 is 11.9 Å². The van der Waals surface area contributed by atoms with Crippen LogP contribution in [0.1, 0.15) is 74.8 Å². The summed E-state index contributed by atoms with van der Waals surface area (Å²) in [7, 11) is 0. The minimum atomic E-state index is -0.664. The maximum absolute atomic E-state index is 13.9. The second-order valence-corrected chi connectivity index (χ2v) is 11.3. The van der Waals surface area contributed by atoms with Gasteiger partial charge in [0.15, 0.2) is 17.3 Å². The van der Waals surface area contributed by atoms with Crippen molar-refractivity contribution in [2.75, 3.05) is 6.79 Å². The van der Waals surface area contributed by atoms with Crippen LogP contribution in [0.5, 0.6) is 11.5 Å². The van der Waals surface area contributed by atoms with Gasteiger partial charge in [-0.15, -0.1) is 0 Å². The molecule has 1 saturated carbocycles. The van der Waals surface area contributed by atoms with E-state index in [0.717, 1.165) is 43.4 Å². The van der Waals surface area contributed by atoms with Crippen LogP contribution in [0.4, 0.5) is 0 Å². The minimum Gasteiger partial charge on any atom is -0.459 e. The first-order chi connectivity index (χ1) is 18.4. The van der Waals surface area contributed by atoms with Crippen LogP contribution in [-0.2, 0) is 14.3 Å². The lowest BCUT2D eigenvalue weighted by molar-refractivity contribution is -0.146. The van der Waals surface area contributed by atoms with Crippen molar-refractivity contribution in [3.05, 3.63) is 80.1 Å². The number of rotatable bonds is 4. The molecule has 2 aliphatic heterocycles. The topological polar surface area (TPSA) is 73.9 Å². The molecule has 198 valence electrons. The lowest BCUT2D eigenvalue weighted by Crippen LogP contribution is -2.37. The van der Waals surface area contributed by atoms with E-state index in [-0.39, 0.29) is 24.6 Å². The van der Waals surface area contributed by atoms with Gasteiger partial charge in [0.05, 0.1) is 5.57 Å². The highest BCUT2D eigenvalue weighted by atomic mass is 35.5. The molecule has 6 rings (SSSR count). The Hall–Kier alpha value is -2.96. The number of halogens is 2. The van der Waals surface area contributed by atoms with Gasteiger partial charge in [-0.1, -0.05) is 41.8 Å². The highest BCUT2D eigenvalue weighted by Gasteiger charge is 2.43. The molecule has 6 nitrogen and oxygen atoms in total. The van der Waals surface area contributed by atoms with Gasteiger partial charge in [0.25, 0.3) is 0 Å². The summed E-state index contributed by atoms with van der Waals surface area (Å²) in [5, 5.41) is 4.48. The molecular formula is C30H29Cl2NO5. The van der Waals surface area contributed by atoms with Crippen molar-refractivity contribution in [3.8, 4) is 11.5 Å². The molecule has 1 N–H and O–H groups in total. The van der Waals surface area contributed by atoms with Crippen molar-refractivity contribution in [3.63, 3.8) is 0 Å². The Morgan fingerprint density at radius 3 is 2.45 bits per heavy atom. The van der Waals surface area contributed by atoms with Crippen molar-refractivity contribution >= 4 is 35.0 Å². The normalized spacial score (nSPS) is 23.3. The van der Waals surface area contributed by atoms with Crippen molar-refractivity contribution in [2.24, 2.45) is 0 Å². The number of ketones is 1. The first-order valence-corrected chi connectivity index (χ1v) is 13.9. The SMILES string of the molecule is CC1=C(C(=O)OC2CCCCC2)[C@H](c2cc3c(cc2Cl)OCO3)C2=C(C[C@@H](c3ccc(Cl)cc3)CC2=O)N1. The Labute approximate surface area is 231 Å². The smallest absolute Gasteiger partial charge is 0.337 e. The Bertz CT molecular complexity index is 1360. The summed E-state index contributed by atoms with van der Waals surface area (Å²) in [4.78, 5) is 27.6. The number of esters is 1. The molecule has 0 spiro atoms. The molecule has 2 atom stereocenters. The van der Waals surface area contributed by atoms with Gasteiger partial charge in [-0.05, 0) is 74.3 Å². The van der Waals surface area contributed by atoms with Crippen molar-refractivity contribution in [1.29, 1.82) is 0 Å². The van der Waals surface area contributed by atoms with Gasteiger partial charge in [-0.25, -0.2) is 4.79 Å². The van der Waals surface area contributed by atoms with E-state index in [2.05, 4.69) is 5.32 Å². The van der Waals surface area contributed by atoms with Crippen molar-refractivity contribution in [1.82, 2.24) is 5.32 Å². The molecule has 0 bridgehead atoms. The Morgan fingerprint density at radius 1 is 1.00 bits per heavy atom. The summed E-state index contributed by atoms with van der Waals surface area (Å²) in [6.07, 6.45) is 5.81. The number of hydrogen-bond acceptors (Lipinski definition) is 6. The summed E-state index contributed by atoms with van der Waals surface area (Å²) in [6, 6.07) is 11.1. The number of dihydropyridines is 1. The van der Waals surface area contributed by atoms with E-state index in [1.165, 1.54) is 0 Å². The molecule has 2 heterocycles. The highest BCUT2D eigenvalue weighted by molar-refractivity contribution is 6.32.